The molecule has 29 heavy (non-hydrogen) atoms. The van der Waals surface area contributed by atoms with Crippen LogP contribution in [-0.4, -0.2) is 37.1 Å². The van der Waals surface area contributed by atoms with E-state index in [1.165, 1.54) is 31.4 Å². The maximum absolute atomic E-state index is 12.2. The van der Waals surface area contributed by atoms with Crippen molar-refractivity contribution in [3.63, 3.8) is 0 Å². The number of esters is 1. The predicted molar refractivity (Wildman–Crippen MR) is 106 cm³/mol. The summed E-state index contributed by atoms with van der Waals surface area (Å²) >= 11 is 6.11. The standard InChI is InChI=1S/C19H19ClN2O7/c1-4-28-18-13(20)8-12(9-16(18)27-3)19(24)29-10-17(23)21-14-6-5-11(2)7-15(14)22(25)26/h5-9H,4,10H2,1-3H3,(H,21,23). The zero-order chi connectivity index (χ0) is 21.6. The highest BCUT2D eigenvalue weighted by molar-refractivity contribution is 6.32. The molecule has 0 aliphatic carbocycles. The van der Waals surface area contributed by atoms with Gasteiger partial charge in [0, 0.05) is 6.07 Å². The van der Waals surface area contributed by atoms with Gasteiger partial charge >= 0.3 is 5.97 Å². The number of aryl methyl sites for hydroxylation is 1. The van der Waals surface area contributed by atoms with Crippen molar-refractivity contribution in [1.82, 2.24) is 0 Å². The molecule has 2 aromatic rings. The fourth-order valence-electron chi connectivity index (χ4n) is 2.42. The van der Waals surface area contributed by atoms with Gasteiger partial charge in [0.25, 0.3) is 11.6 Å². The molecule has 0 aromatic heterocycles. The summed E-state index contributed by atoms with van der Waals surface area (Å²) in [5, 5.41) is 13.6. The number of rotatable bonds is 8. The molecule has 0 atom stereocenters. The van der Waals surface area contributed by atoms with Crippen LogP contribution < -0.4 is 14.8 Å². The molecule has 1 amide bonds. The van der Waals surface area contributed by atoms with Gasteiger partial charge in [0.1, 0.15) is 5.69 Å². The molecule has 0 fully saturated rings. The molecule has 154 valence electrons. The van der Waals surface area contributed by atoms with Crippen LogP contribution in [-0.2, 0) is 9.53 Å². The van der Waals surface area contributed by atoms with Gasteiger partial charge in [-0.05, 0) is 37.6 Å². The maximum atomic E-state index is 12.2. The largest absolute Gasteiger partial charge is 0.493 e. The zero-order valence-corrected chi connectivity index (χ0v) is 16.7. The van der Waals surface area contributed by atoms with Gasteiger partial charge < -0.3 is 19.5 Å². The van der Waals surface area contributed by atoms with Crippen molar-refractivity contribution in [2.75, 3.05) is 25.6 Å². The fourth-order valence-corrected chi connectivity index (χ4v) is 2.69. The van der Waals surface area contributed by atoms with E-state index in [0.717, 1.165) is 0 Å². The van der Waals surface area contributed by atoms with Crippen molar-refractivity contribution in [3.8, 4) is 11.5 Å². The van der Waals surface area contributed by atoms with Crippen LogP contribution in [0, 0.1) is 17.0 Å². The third-order valence-electron chi connectivity index (χ3n) is 3.71. The Bertz CT molecular complexity index is 946. The second kappa shape index (κ2) is 9.74. The number of ether oxygens (including phenoxy) is 3. The number of carbonyl (C=O) groups is 2. The van der Waals surface area contributed by atoms with Gasteiger partial charge in [-0.15, -0.1) is 0 Å². The first-order valence-electron chi connectivity index (χ1n) is 8.49. The minimum Gasteiger partial charge on any atom is -0.493 e. The van der Waals surface area contributed by atoms with Gasteiger partial charge in [0.05, 0.1) is 29.2 Å². The molecule has 10 heteroatoms. The molecule has 0 unspecified atom stereocenters. The monoisotopic (exact) mass is 422 g/mol. The van der Waals surface area contributed by atoms with Crippen molar-refractivity contribution in [3.05, 3.63) is 56.6 Å². The molecule has 0 radical (unpaired) electrons. The smallest absolute Gasteiger partial charge is 0.338 e. The minimum absolute atomic E-state index is 0.00688. The molecule has 0 aliphatic heterocycles. The van der Waals surface area contributed by atoms with E-state index in [2.05, 4.69) is 5.32 Å². The van der Waals surface area contributed by atoms with Crippen LogP contribution in [0.3, 0.4) is 0 Å². The van der Waals surface area contributed by atoms with Crippen LogP contribution in [0.2, 0.25) is 5.02 Å². The lowest BCUT2D eigenvalue weighted by Gasteiger charge is -2.13. The summed E-state index contributed by atoms with van der Waals surface area (Å²) < 4.78 is 15.5. The van der Waals surface area contributed by atoms with Crippen molar-refractivity contribution < 1.29 is 28.7 Å². The molecule has 2 aromatic carbocycles. The SMILES string of the molecule is CCOc1c(Cl)cc(C(=O)OCC(=O)Nc2ccc(C)cc2[N+](=O)[O-])cc1OC. The number of nitrogens with one attached hydrogen (secondary N) is 1. The molecular formula is C19H19ClN2O7. The summed E-state index contributed by atoms with van der Waals surface area (Å²) in [5.41, 5.74) is 0.479. The molecule has 2 rings (SSSR count). The fraction of sp³-hybridized carbons (Fsp3) is 0.263. The van der Waals surface area contributed by atoms with E-state index in [0.29, 0.717) is 12.2 Å². The molecule has 0 saturated heterocycles. The number of anilines is 1. The first-order valence-corrected chi connectivity index (χ1v) is 8.87. The van der Waals surface area contributed by atoms with Gasteiger partial charge in [-0.2, -0.15) is 0 Å². The van der Waals surface area contributed by atoms with Gasteiger partial charge in [-0.3, -0.25) is 14.9 Å². The zero-order valence-electron chi connectivity index (χ0n) is 16.0. The summed E-state index contributed by atoms with van der Waals surface area (Å²) in [6.07, 6.45) is 0. The number of hydrogen-bond acceptors (Lipinski definition) is 7. The summed E-state index contributed by atoms with van der Waals surface area (Å²) in [7, 11) is 1.39. The highest BCUT2D eigenvalue weighted by atomic mass is 35.5. The quantitative estimate of drug-likeness (QED) is 0.391. The summed E-state index contributed by atoms with van der Waals surface area (Å²) in [4.78, 5) is 34.8. The van der Waals surface area contributed by atoms with Crippen molar-refractivity contribution in [2.24, 2.45) is 0 Å². The summed E-state index contributed by atoms with van der Waals surface area (Å²) in [6.45, 7) is 3.17. The topological polar surface area (TPSA) is 117 Å². The molecular weight excluding hydrogens is 404 g/mol. The molecule has 0 heterocycles. The Morgan fingerprint density at radius 2 is 1.97 bits per heavy atom. The lowest BCUT2D eigenvalue weighted by Crippen LogP contribution is -2.21. The van der Waals surface area contributed by atoms with Gasteiger partial charge in [-0.25, -0.2) is 4.79 Å². The number of nitro groups is 1. The summed E-state index contributed by atoms with van der Waals surface area (Å²) in [5.74, 6) is -1.01. The van der Waals surface area contributed by atoms with E-state index < -0.39 is 23.4 Å². The Labute approximate surface area is 171 Å². The van der Waals surface area contributed by atoms with Crippen LogP contribution in [0.15, 0.2) is 30.3 Å². The van der Waals surface area contributed by atoms with E-state index in [4.69, 9.17) is 25.8 Å². The number of amides is 1. The van der Waals surface area contributed by atoms with Gasteiger partial charge in [-0.1, -0.05) is 17.7 Å². The normalized spacial score (nSPS) is 10.2. The number of nitro benzene ring substituents is 1. The maximum Gasteiger partial charge on any atom is 0.338 e. The highest BCUT2D eigenvalue weighted by Gasteiger charge is 2.19. The lowest BCUT2D eigenvalue weighted by molar-refractivity contribution is -0.384. The van der Waals surface area contributed by atoms with E-state index in [9.17, 15) is 19.7 Å². The molecule has 0 aliphatic rings. The second-order valence-corrected chi connectivity index (χ2v) is 6.23. The first-order chi connectivity index (χ1) is 13.8. The Balaban J connectivity index is 2.07. The van der Waals surface area contributed by atoms with Crippen LogP contribution in [0.25, 0.3) is 0 Å². The van der Waals surface area contributed by atoms with Gasteiger partial charge in [0.15, 0.2) is 18.1 Å². The molecule has 1 N–H and O–H groups in total. The third-order valence-corrected chi connectivity index (χ3v) is 3.99. The highest BCUT2D eigenvalue weighted by Crippen LogP contribution is 2.36. The van der Waals surface area contributed by atoms with E-state index >= 15 is 0 Å². The average molecular weight is 423 g/mol. The Morgan fingerprint density at radius 1 is 1.24 bits per heavy atom. The Hall–Kier alpha value is -3.33. The average Bonchev–Trinajstić information content (AvgIpc) is 2.68. The second-order valence-electron chi connectivity index (χ2n) is 5.82. The number of hydrogen-bond donors (Lipinski definition) is 1. The molecule has 0 saturated carbocycles. The number of halogens is 1. The van der Waals surface area contributed by atoms with E-state index in [-0.39, 0.29) is 33.5 Å². The van der Waals surface area contributed by atoms with E-state index in [1.54, 1.807) is 19.9 Å². The first kappa shape index (κ1) is 22.0. The van der Waals surface area contributed by atoms with Crippen LogP contribution in [0.4, 0.5) is 11.4 Å². The van der Waals surface area contributed by atoms with Crippen LogP contribution >= 0.6 is 11.6 Å². The third kappa shape index (κ3) is 5.58. The Morgan fingerprint density at radius 3 is 2.59 bits per heavy atom. The van der Waals surface area contributed by atoms with E-state index in [1.807, 2.05) is 0 Å². The molecule has 0 spiro atoms. The predicted octanol–water partition coefficient (Wildman–Crippen LogP) is 3.76. The van der Waals surface area contributed by atoms with Crippen molar-refractivity contribution in [2.45, 2.75) is 13.8 Å². The molecule has 0 bridgehead atoms. The Kier molecular flexibility index (Phi) is 7.38. The number of benzene rings is 2. The number of methoxy groups -OCH3 is 1. The van der Waals surface area contributed by atoms with Crippen molar-refractivity contribution in [1.29, 1.82) is 0 Å². The summed E-state index contributed by atoms with van der Waals surface area (Å²) in [6, 6.07) is 7.06. The minimum atomic E-state index is -0.818. The number of carbonyl (C=O) groups excluding carboxylic acids is 2. The molecule has 9 nitrogen and oxygen atoms in total. The van der Waals surface area contributed by atoms with Crippen LogP contribution in [0.5, 0.6) is 11.5 Å². The van der Waals surface area contributed by atoms with Gasteiger partial charge in [0.2, 0.25) is 0 Å². The number of nitrogens with zero attached hydrogens (tertiary/aromatic N) is 1. The van der Waals surface area contributed by atoms with Crippen LogP contribution in [0.1, 0.15) is 22.8 Å². The lowest BCUT2D eigenvalue weighted by atomic mass is 10.2. The van der Waals surface area contributed by atoms with Crippen molar-refractivity contribution >= 4 is 34.9 Å².